The topological polar surface area (TPSA) is 116 Å². The van der Waals surface area contributed by atoms with E-state index in [0.29, 0.717) is 30.3 Å². The van der Waals surface area contributed by atoms with Crippen LogP contribution < -0.4 is 14.8 Å². The number of carbonyl (C=O) groups is 1. The number of hydrogen-bond donors (Lipinski definition) is 3. The summed E-state index contributed by atoms with van der Waals surface area (Å²) in [7, 11) is 0. The summed E-state index contributed by atoms with van der Waals surface area (Å²) in [5, 5.41) is 24.4. The van der Waals surface area contributed by atoms with Gasteiger partial charge in [0.1, 0.15) is 24.4 Å². The number of aliphatic hydroxyl groups is 2. The van der Waals surface area contributed by atoms with Crippen LogP contribution in [0.25, 0.3) is 0 Å². The molecule has 2 saturated heterocycles. The van der Waals surface area contributed by atoms with Crippen LogP contribution in [0.15, 0.2) is 18.2 Å². The number of ether oxygens (including phenoxy) is 5. The van der Waals surface area contributed by atoms with Crippen LogP contribution in [0.4, 0.5) is 0 Å². The second-order valence-electron chi connectivity index (χ2n) is 13.2. The summed E-state index contributed by atoms with van der Waals surface area (Å²) >= 11 is 0. The Labute approximate surface area is 271 Å². The first-order valence-electron chi connectivity index (χ1n) is 17.8. The second-order valence-corrected chi connectivity index (χ2v) is 13.2. The predicted octanol–water partition coefficient (Wildman–Crippen LogP) is 7.05. The lowest BCUT2D eigenvalue weighted by Gasteiger charge is -2.48. The number of unbranched alkanes of at least 4 members (excludes halogenated alkanes) is 14. The standard InChI is InChI=1S/C36H61NO8/c1-5-7-9-11-13-15-17-19-23-41-28-22-21-27(25-29(28)42-24-20-18-16-14-12-10-8-6-2)34(39)37-31-32(38)33-30(44-35(31)40)26-43-36(3,4)45-33/h21-22,25,30-33,35,38,40H,5-20,23-24,26H2,1-4H3,(H,37,39)/t30-,31-,32-,33-,35-/m1/s1. The van der Waals surface area contributed by atoms with E-state index in [1.807, 2.05) is 0 Å². The smallest absolute Gasteiger partial charge is 0.251 e. The van der Waals surface area contributed by atoms with E-state index in [-0.39, 0.29) is 6.61 Å². The maximum Gasteiger partial charge on any atom is 0.251 e. The van der Waals surface area contributed by atoms with Gasteiger partial charge in [0.2, 0.25) is 0 Å². The average Bonchev–Trinajstić information content (AvgIpc) is 3.02. The highest BCUT2D eigenvalue weighted by atomic mass is 16.7. The molecule has 2 aliphatic rings. The fraction of sp³-hybridized carbons (Fsp3) is 0.806. The quantitative estimate of drug-likeness (QED) is 0.116. The van der Waals surface area contributed by atoms with Gasteiger partial charge in [-0.15, -0.1) is 0 Å². The molecule has 1 amide bonds. The Morgan fingerprint density at radius 1 is 0.822 bits per heavy atom. The van der Waals surface area contributed by atoms with Crippen molar-refractivity contribution in [1.82, 2.24) is 5.32 Å². The van der Waals surface area contributed by atoms with Gasteiger partial charge < -0.3 is 39.2 Å². The van der Waals surface area contributed by atoms with Gasteiger partial charge in [0.15, 0.2) is 23.6 Å². The van der Waals surface area contributed by atoms with Gasteiger partial charge in [-0.3, -0.25) is 4.79 Å². The maximum atomic E-state index is 13.4. The minimum atomic E-state index is -1.41. The van der Waals surface area contributed by atoms with Gasteiger partial charge in [-0.05, 0) is 44.9 Å². The molecule has 0 aromatic heterocycles. The Hall–Kier alpha value is -1.91. The van der Waals surface area contributed by atoms with Crippen molar-refractivity contribution in [3.05, 3.63) is 23.8 Å². The molecule has 0 bridgehead atoms. The number of carbonyl (C=O) groups excluding carboxylic acids is 1. The van der Waals surface area contributed by atoms with E-state index in [9.17, 15) is 15.0 Å². The maximum absolute atomic E-state index is 13.4. The van der Waals surface area contributed by atoms with Crippen LogP contribution in [0.1, 0.15) is 141 Å². The molecule has 0 saturated carbocycles. The highest BCUT2D eigenvalue weighted by molar-refractivity contribution is 5.95. The van der Waals surface area contributed by atoms with Crippen LogP contribution in [0.3, 0.4) is 0 Å². The van der Waals surface area contributed by atoms with Crippen molar-refractivity contribution in [2.75, 3.05) is 19.8 Å². The number of nitrogens with one attached hydrogen (secondary N) is 1. The zero-order valence-electron chi connectivity index (χ0n) is 28.4. The molecule has 9 heteroatoms. The minimum Gasteiger partial charge on any atom is -0.490 e. The first-order valence-corrected chi connectivity index (χ1v) is 17.8. The largest absolute Gasteiger partial charge is 0.490 e. The van der Waals surface area contributed by atoms with E-state index in [1.54, 1.807) is 32.0 Å². The van der Waals surface area contributed by atoms with Crippen LogP contribution >= 0.6 is 0 Å². The summed E-state index contributed by atoms with van der Waals surface area (Å²) in [6.45, 7) is 9.28. The van der Waals surface area contributed by atoms with Crippen LogP contribution in [-0.4, -0.2) is 72.4 Å². The van der Waals surface area contributed by atoms with Gasteiger partial charge in [0, 0.05) is 5.56 Å². The molecule has 1 aromatic carbocycles. The normalized spacial score (nSPS) is 24.2. The third-order valence-electron chi connectivity index (χ3n) is 8.72. The number of benzene rings is 1. The minimum absolute atomic E-state index is 0.173. The fourth-order valence-corrected chi connectivity index (χ4v) is 5.97. The van der Waals surface area contributed by atoms with Crippen molar-refractivity contribution in [2.45, 2.75) is 167 Å². The summed E-state index contributed by atoms with van der Waals surface area (Å²) in [5.74, 6) is -0.219. The first kappa shape index (κ1) is 37.5. The van der Waals surface area contributed by atoms with Crippen molar-refractivity contribution >= 4 is 5.91 Å². The van der Waals surface area contributed by atoms with E-state index in [0.717, 1.165) is 25.7 Å². The number of rotatable bonds is 22. The van der Waals surface area contributed by atoms with E-state index in [1.165, 1.54) is 77.0 Å². The van der Waals surface area contributed by atoms with Crippen molar-refractivity contribution in [3.63, 3.8) is 0 Å². The van der Waals surface area contributed by atoms with Gasteiger partial charge in [-0.1, -0.05) is 104 Å². The molecule has 0 spiro atoms. The molecule has 0 aliphatic carbocycles. The number of amides is 1. The molecular formula is C36H61NO8. The van der Waals surface area contributed by atoms with Gasteiger partial charge in [-0.25, -0.2) is 0 Å². The lowest BCUT2D eigenvalue weighted by Crippen LogP contribution is -2.68. The van der Waals surface area contributed by atoms with Gasteiger partial charge in [0.25, 0.3) is 5.91 Å². The molecule has 0 radical (unpaired) electrons. The zero-order valence-corrected chi connectivity index (χ0v) is 28.4. The molecule has 0 unspecified atom stereocenters. The molecule has 9 nitrogen and oxygen atoms in total. The van der Waals surface area contributed by atoms with Crippen molar-refractivity contribution in [1.29, 1.82) is 0 Å². The zero-order chi connectivity index (χ0) is 32.5. The van der Waals surface area contributed by atoms with Crippen LogP contribution in [0, 0.1) is 0 Å². The molecule has 258 valence electrons. The first-order chi connectivity index (χ1) is 21.8. The van der Waals surface area contributed by atoms with E-state index < -0.39 is 42.3 Å². The van der Waals surface area contributed by atoms with Crippen LogP contribution in [-0.2, 0) is 14.2 Å². The molecule has 2 fully saturated rings. The molecule has 2 heterocycles. The monoisotopic (exact) mass is 635 g/mol. The highest BCUT2D eigenvalue weighted by Gasteiger charge is 2.50. The van der Waals surface area contributed by atoms with Crippen molar-refractivity contribution in [2.24, 2.45) is 0 Å². The third kappa shape index (κ3) is 13.0. The van der Waals surface area contributed by atoms with Crippen molar-refractivity contribution in [3.8, 4) is 11.5 Å². The predicted molar refractivity (Wildman–Crippen MR) is 176 cm³/mol. The van der Waals surface area contributed by atoms with Gasteiger partial charge >= 0.3 is 0 Å². The molecule has 2 aliphatic heterocycles. The summed E-state index contributed by atoms with van der Waals surface area (Å²) in [6.07, 6.45) is 15.5. The second kappa shape index (κ2) is 20.4. The van der Waals surface area contributed by atoms with E-state index in [4.69, 9.17) is 23.7 Å². The lowest BCUT2D eigenvalue weighted by molar-refractivity contribution is -0.364. The molecule has 1 aromatic rings. The Morgan fingerprint density at radius 3 is 1.93 bits per heavy atom. The van der Waals surface area contributed by atoms with Crippen molar-refractivity contribution < 1.29 is 38.7 Å². The van der Waals surface area contributed by atoms with Crippen LogP contribution in [0.5, 0.6) is 11.5 Å². The lowest BCUT2D eigenvalue weighted by atomic mass is 9.95. The van der Waals surface area contributed by atoms with Gasteiger partial charge in [-0.2, -0.15) is 0 Å². The summed E-state index contributed by atoms with van der Waals surface area (Å²) in [4.78, 5) is 13.4. The Kier molecular flexibility index (Phi) is 17.0. The summed E-state index contributed by atoms with van der Waals surface area (Å²) in [6, 6.07) is 4.06. The van der Waals surface area contributed by atoms with Crippen LogP contribution in [0.2, 0.25) is 0 Å². The molecule has 45 heavy (non-hydrogen) atoms. The van der Waals surface area contributed by atoms with Gasteiger partial charge in [0.05, 0.1) is 19.8 Å². The SMILES string of the molecule is CCCCCCCCCCOc1ccc(C(=O)N[C@@H]2[C@@H](O)[C@@H]3OC(C)(C)OC[C@H]3O[C@H]2O)cc1OCCCCCCCCCC. The highest BCUT2D eigenvalue weighted by Crippen LogP contribution is 2.33. The fourth-order valence-electron chi connectivity index (χ4n) is 5.97. The summed E-state index contributed by atoms with van der Waals surface area (Å²) in [5.41, 5.74) is 0.343. The molecule has 3 N–H and O–H groups in total. The third-order valence-corrected chi connectivity index (χ3v) is 8.72. The van der Waals surface area contributed by atoms with E-state index in [2.05, 4.69) is 19.2 Å². The Balaban J connectivity index is 1.56. The summed E-state index contributed by atoms with van der Waals surface area (Å²) < 4.78 is 29.4. The van der Waals surface area contributed by atoms with E-state index >= 15 is 0 Å². The number of fused-ring (bicyclic) bond motifs is 1. The number of aliphatic hydroxyl groups excluding tert-OH is 2. The number of hydrogen-bond acceptors (Lipinski definition) is 8. The Bertz CT molecular complexity index is 972. The molecule has 3 rings (SSSR count). The molecule has 5 atom stereocenters. The average molecular weight is 636 g/mol. The Morgan fingerprint density at radius 2 is 1.36 bits per heavy atom. The molecular weight excluding hydrogens is 574 g/mol.